The average Bonchev–Trinajstić information content (AvgIpc) is 3.48. The second kappa shape index (κ2) is 8.21. The highest BCUT2D eigenvalue weighted by Crippen LogP contribution is 2.67. The van der Waals surface area contributed by atoms with Gasteiger partial charge in [0.05, 0.1) is 5.92 Å². The van der Waals surface area contributed by atoms with Gasteiger partial charge in [0.2, 0.25) is 17.2 Å². The van der Waals surface area contributed by atoms with Crippen molar-refractivity contribution in [3.63, 3.8) is 0 Å². The average molecular weight is 581 g/mol. The molecule has 2 spiro atoms. The Morgan fingerprint density at radius 1 is 0.590 bits per heavy atom. The van der Waals surface area contributed by atoms with Crippen LogP contribution in [0.25, 0.3) is 0 Å². The number of Topliss-reactive ketones (excluding diaryl/α,β-unsaturated/α-hetero) is 4. The molecule has 0 amide bonds. The summed E-state index contributed by atoms with van der Waals surface area (Å²) in [5.74, 6) is -4.06. The molecule has 4 aromatic carbocycles. The molecule has 1 aliphatic heterocycles. The summed E-state index contributed by atoms with van der Waals surface area (Å²) in [6, 6.07) is 25.0. The minimum absolute atomic E-state index is 0.176. The van der Waals surface area contributed by atoms with E-state index in [9.17, 15) is 23.6 Å². The zero-order valence-corrected chi connectivity index (χ0v) is 21.8. The van der Waals surface area contributed by atoms with E-state index in [0.717, 1.165) is 4.47 Å². The Bertz CT molecular complexity index is 1670. The van der Waals surface area contributed by atoms with Gasteiger partial charge in [0.25, 0.3) is 0 Å². The molecule has 3 aliphatic rings. The number of fused-ring (bicyclic) bond motifs is 2. The van der Waals surface area contributed by atoms with Crippen molar-refractivity contribution in [3.8, 4) is 0 Å². The van der Waals surface area contributed by atoms with E-state index in [-0.39, 0.29) is 22.3 Å². The summed E-state index contributed by atoms with van der Waals surface area (Å²) in [5, 5.41) is 0. The van der Waals surface area contributed by atoms with E-state index in [1.165, 1.54) is 24.3 Å². The molecule has 4 aromatic rings. The van der Waals surface area contributed by atoms with Crippen molar-refractivity contribution < 1.29 is 28.3 Å². The van der Waals surface area contributed by atoms with Gasteiger partial charge in [-0.05, 0) is 35.4 Å². The van der Waals surface area contributed by atoms with E-state index >= 15 is 0 Å². The summed E-state index contributed by atoms with van der Waals surface area (Å²) < 4.78 is 21.3. The molecule has 7 heteroatoms. The lowest BCUT2D eigenvalue weighted by molar-refractivity contribution is -0.0210. The highest BCUT2D eigenvalue weighted by atomic mass is 79.9. The predicted molar refractivity (Wildman–Crippen MR) is 142 cm³/mol. The van der Waals surface area contributed by atoms with E-state index in [1.54, 1.807) is 72.8 Å². The molecule has 2 atom stereocenters. The maximum absolute atomic E-state index is 14.6. The first-order chi connectivity index (χ1) is 18.8. The van der Waals surface area contributed by atoms with Crippen molar-refractivity contribution in [2.75, 3.05) is 0 Å². The van der Waals surface area contributed by atoms with Crippen molar-refractivity contribution in [1.29, 1.82) is 0 Å². The van der Waals surface area contributed by atoms with Crippen LogP contribution in [0.4, 0.5) is 4.39 Å². The third-order valence-electron chi connectivity index (χ3n) is 8.21. The summed E-state index contributed by atoms with van der Waals surface area (Å²) in [4.78, 5) is 57.7. The van der Waals surface area contributed by atoms with Gasteiger partial charge in [0.1, 0.15) is 17.3 Å². The van der Waals surface area contributed by atoms with Gasteiger partial charge in [0.15, 0.2) is 11.6 Å². The number of hydrogen-bond acceptors (Lipinski definition) is 5. The molecular weight excluding hydrogens is 563 g/mol. The number of ether oxygens (including phenoxy) is 1. The SMILES string of the molecule is O=C1c2ccccc2C(=O)C12OC(c1ccc(F)cc1)C1(C(=O)c3ccccc3C1=O)C2c1ccc(Br)cc1. The highest BCUT2D eigenvalue weighted by molar-refractivity contribution is 9.10. The standard InChI is InChI=1S/C32H18BrFO5/c33-19-13-9-17(10-14-19)25-31(26(35)21-5-1-2-6-22(21)27(31)36)30(18-11-15-20(34)16-12-18)39-32(25)28(37)23-7-3-4-8-24(23)29(32)38/h1-16,25,30H. The molecular formula is C32H18BrFO5. The number of benzene rings is 4. The topological polar surface area (TPSA) is 77.5 Å². The Morgan fingerprint density at radius 3 is 1.51 bits per heavy atom. The van der Waals surface area contributed by atoms with Crippen LogP contribution in [0.5, 0.6) is 0 Å². The number of rotatable bonds is 2. The van der Waals surface area contributed by atoms with Crippen LogP contribution in [0.3, 0.4) is 0 Å². The van der Waals surface area contributed by atoms with E-state index in [4.69, 9.17) is 4.74 Å². The Balaban J connectivity index is 1.59. The van der Waals surface area contributed by atoms with Crippen molar-refractivity contribution in [1.82, 2.24) is 0 Å². The molecule has 1 saturated heterocycles. The van der Waals surface area contributed by atoms with Crippen molar-refractivity contribution >= 4 is 39.1 Å². The van der Waals surface area contributed by atoms with Crippen LogP contribution < -0.4 is 0 Å². The molecule has 0 saturated carbocycles. The number of carbonyl (C=O) groups excluding carboxylic acids is 4. The minimum atomic E-state index is -2.18. The fourth-order valence-electron chi connectivity index (χ4n) is 6.62. The maximum Gasteiger partial charge on any atom is 0.204 e. The summed E-state index contributed by atoms with van der Waals surface area (Å²) in [5.41, 5.74) is -2.65. The largest absolute Gasteiger partial charge is 0.348 e. The van der Waals surface area contributed by atoms with Crippen LogP contribution in [-0.4, -0.2) is 28.7 Å². The van der Waals surface area contributed by atoms with Gasteiger partial charge in [-0.25, -0.2) is 4.39 Å². The fourth-order valence-corrected chi connectivity index (χ4v) is 6.88. The van der Waals surface area contributed by atoms with Gasteiger partial charge in [-0.15, -0.1) is 0 Å². The monoisotopic (exact) mass is 580 g/mol. The van der Waals surface area contributed by atoms with Crippen molar-refractivity contribution in [2.24, 2.45) is 5.41 Å². The molecule has 7 rings (SSSR count). The van der Waals surface area contributed by atoms with Gasteiger partial charge in [-0.3, -0.25) is 19.2 Å². The van der Waals surface area contributed by atoms with Gasteiger partial charge in [-0.2, -0.15) is 0 Å². The molecule has 5 nitrogen and oxygen atoms in total. The van der Waals surface area contributed by atoms with E-state index in [2.05, 4.69) is 15.9 Å². The molecule has 39 heavy (non-hydrogen) atoms. The number of hydrogen-bond donors (Lipinski definition) is 0. The normalized spacial score (nSPS) is 22.1. The lowest BCUT2D eigenvalue weighted by Crippen LogP contribution is -2.51. The zero-order valence-electron chi connectivity index (χ0n) is 20.2. The number of carbonyl (C=O) groups is 4. The summed E-state index contributed by atoms with van der Waals surface area (Å²) >= 11 is 3.42. The summed E-state index contributed by atoms with van der Waals surface area (Å²) in [7, 11) is 0. The molecule has 2 aliphatic carbocycles. The molecule has 1 fully saturated rings. The van der Waals surface area contributed by atoms with Gasteiger partial charge in [0, 0.05) is 26.7 Å². The van der Waals surface area contributed by atoms with Crippen molar-refractivity contribution in [3.05, 3.63) is 141 Å². The molecule has 2 unspecified atom stereocenters. The van der Waals surface area contributed by atoms with Gasteiger partial charge >= 0.3 is 0 Å². The smallest absolute Gasteiger partial charge is 0.204 e. The fraction of sp³-hybridized carbons (Fsp3) is 0.125. The van der Waals surface area contributed by atoms with Crippen LogP contribution in [-0.2, 0) is 4.74 Å². The zero-order chi connectivity index (χ0) is 27.1. The number of halogens is 2. The van der Waals surface area contributed by atoms with Crippen LogP contribution in [0.15, 0.2) is 102 Å². The Labute approximate surface area is 230 Å². The van der Waals surface area contributed by atoms with Gasteiger partial charge < -0.3 is 4.74 Å². The number of ketones is 4. The maximum atomic E-state index is 14.6. The van der Waals surface area contributed by atoms with Crippen LogP contribution in [0.2, 0.25) is 0 Å². The van der Waals surface area contributed by atoms with Crippen LogP contribution >= 0.6 is 15.9 Å². The quantitative estimate of drug-likeness (QED) is 0.259. The van der Waals surface area contributed by atoms with Crippen molar-refractivity contribution in [2.45, 2.75) is 17.6 Å². The Hall–Kier alpha value is -4.07. The summed E-state index contributed by atoms with van der Waals surface area (Å²) in [6.45, 7) is 0. The second-order valence-corrected chi connectivity index (χ2v) is 11.0. The predicted octanol–water partition coefficient (Wildman–Crippen LogP) is 6.33. The summed E-state index contributed by atoms with van der Waals surface area (Å²) in [6.07, 6.45) is -1.33. The molecule has 190 valence electrons. The van der Waals surface area contributed by atoms with Crippen LogP contribution in [0, 0.1) is 11.2 Å². The third-order valence-corrected chi connectivity index (χ3v) is 8.74. The first-order valence-electron chi connectivity index (χ1n) is 12.4. The molecule has 1 heterocycles. The van der Waals surface area contributed by atoms with Gasteiger partial charge in [-0.1, -0.05) is 88.7 Å². The first kappa shape index (κ1) is 24.0. The van der Waals surface area contributed by atoms with Crippen LogP contribution in [0.1, 0.15) is 64.6 Å². The van der Waals surface area contributed by atoms with E-state index in [0.29, 0.717) is 11.1 Å². The van der Waals surface area contributed by atoms with E-state index in [1.807, 2.05) is 0 Å². The molecule has 0 bridgehead atoms. The second-order valence-electron chi connectivity index (χ2n) is 10.0. The lowest BCUT2D eigenvalue weighted by Gasteiger charge is -2.34. The molecule has 0 N–H and O–H groups in total. The third kappa shape index (κ3) is 2.92. The Kier molecular flexibility index (Phi) is 5.06. The Morgan fingerprint density at radius 2 is 1.03 bits per heavy atom. The highest BCUT2D eigenvalue weighted by Gasteiger charge is 2.79. The first-order valence-corrected chi connectivity index (χ1v) is 13.2. The molecule has 0 aromatic heterocycles. The van der Waals surface area contributed by atoms with E-state index < -0.39 is 52.0 Å². The molecule has 0 radical (unpaired) electrons. The minimum Gasteiger partial charge on any atom is -0.348 e. The lowest BCUT2D eigenvalue weighted by atomic mass is 9.60.